The highest BCUT2D eigenvalue weighted by Gasteiger charge is 2.27. The van der Waals surface area contributed by atoms with Crippen LogP contribution in [0, 0.1) is 11.8 Å². The first-order valence-electron chi connectivity index (χ1n) is 6.35. The first-order valence-corrected chi connectivity index (χ1v) is 8.41. The van der Waals surface area contributed by atoms with Crippen molar-refractivity contribution in [2.45, 2.75) is 51.5 Å². The summed E-state index contributed by atoms with van der Waals surface area (Å²) in [4.78, 5) is 0. The fourth-order valence-electron chi connectivity index (χ4n) is 2.69. The van der Waals surface area contributed by atoms with Gasteiger partial charge in [0.15, 0.2) is 0 Å². The molecule has 0 aromatic carbocycles. The summed E-state index contributed by atoms with van der Waals surface area (Å²) in [5.74, 6) is 1.76. The lowest BCUT2D eigenvalue weighted by molar-refractivity contribution is 0.387. The Kier molecular flexibility index (Phi) is 5.25. The van der Waals surface area contributed by atoms with Crippen LogP contribution in [0.2, 0.25) is 0 Å². The van der Waals surface area contributed by atoms with Crippen molar-refractivity contribution in [3.05, 3.63) is 0 Å². The molecule has 0 amide bonds. The predicted molar refractivity (Wildman–Crippen MR) is 68.0 cm³/mol. The van der Waals surface area contributed by atoms with Gasteiger partial charge in [0.05, 0.1) is 0 Å². The largest absolute Gasteiger partial charge is 0.327 e. The van der Waals surface area contributed by atoms with E-state index in [4.69, 9.17) is 5.73 Å². The lowest BCUT2D eigenvalue weighted by atomic mass is 9.93. The Morgan fingerprint density at radius 3 is 2.56 bits per heavy atom. The predicted octanol–water partition coefficient (Wildman–Crippen LogP) is 1.96. The van der Waals surface area contributed by atoms with Crippen LogP contribution in [0.4, 0.5) is 0 Å². The molecule has 1 fully saturated rings. The van der Waals surface area contributed by atoms with Gasteiger partial charge in [0.25, 0.3) is 0 Å². The van der Waals surface area contributed by atoms with E-state index in [1.165, 1.54) is 31.9 Å². The summed E-state index contributed by atoms with van der Waals surface area (Å²) in [6, 6.07) is 0.207. The smallest absolute Gasteiger partial charge is 0.147 e. The molecule has 1 rings (SSSR count). The Morgan fingerprint density at radius 1 is 1.38 bits per heavy atom. The van der Waals surface area contributed by atoms with Crippen LogP contribution < -0.4 is 5.73 Å². The average molecular weight is 247 g/mol. The van der Waals surface area contributed by atoms with Gasteiger partial charge in [-0.05, 0) is 37.5 Å². The molecule has 16 heavy (non-hydrogen) atoms. The minimum Gasteiger partial charge on any atom is -0.327 e. The van der Waals surface area contributed by atoms with E-state index < -0.39 is 9.84 Å². The maximum absolute atomic E-state index is 11.0. The van der Waals surface area contributed by atoms with E-state index in [0.717, 1.165) is 12.3 Å². The molecule has 96 valence electrons. The van der Waals surface area contributed by atoms with Gasteiger partial charge in [-0.15, -0.1) is 0 Å². The van der Waals surface area contributed by atoms with Crippen LogP contribution in [0.1, 0.15) is 45.4 Å². The van der Waals surface area contributed by atoms with Crippen LogP contribution in [-0.2, 0) is 9.84 Å². The SMILES string of the molecule is CCC1CCC(C(N)CCCS(C)(=O)=O)C1. The van der Waals surface area contributed by atoms with Crippen molar-refractivity contribution in [3.63, 3.8) is 0 Å². The molecule has 0 aromatic heterocycles. The molecular formula is C12H25NO2S. The van der Waals surface area contributed by atoms with Crippen LogP contribution in [0.25, 0.3) is 0 Å². The molecule has 0 aliphatic heterocycles. The van der Waals surface area contributed by atoms with E-state index >= 15 is 0 Å². The quantitative estimate of drug-likeness (QED) is 0.780. The summed E-state index contributed by atoms with van der Waals surface area (Å²) in [5.41, 5.74) is 6.13. The van der Waals surface area contributed by atoms with Crippen LogP contribution in [-0.4, -0.2) is 26.5 Å². The summed E-state index contributed by atoms with van der Waals surface area (Å²) in [6.07, 6.45) is 7.91. The van der Waals surface area contributed by atoms with Gasteiger partial charge in [0.2, 0.25) is 0 Å². The molecular weight excluding hydrogens is 222 g/mol. The molecule has 3 unspecified atom stereocenters. The van der Waals surface area contributed by atoms with Gasteiger partial charge in [-0.1, -0.05) is 19.8 Å². The second-order valence-electron chi connectivity index (χ2n) is 5.28. The van der Waals surface area contributed by atoms with Crippen LogP contribution >= 0.6 is 0 Å². The van der Waals surface area contributed by atoms with Crippen molar-refractivity contribution in [2.75, 3.05) is 12.0 Å². The normalized spacial score (nSPS) is 28.2. The van der Waals surface area contributed by atoms with Crippen molar-refractivity contribution >= 4 is 9.84 Å². The number of rotatable bonds is 6. The number of nitrogens with two attached hydrogens (primary N) is 1. The number of sulfone groups is 1. The molecule has 4 heteroatoms. The van der Waals surface area contributed by atoms with Gasteiger partial charge < -0.3 is 5.73 Å². The first-order chi connectivity index (χ1) is 7.42. The molecule has 0 saturated heterocycles. The maximum atomic E-state index is 11.0. The molecule has 1 aliphatic rings. The van der Waals surface area contributed by atoms with E-state index in [1.807, 2.05) is 0 Å². The van der Waals surface area contributed by atoms with Crippen molar-refractivity contribution in [3.8, 4) is 0 Å². The van der Waals surface area contributed by atoms with Gasteiger partial charge in [0, 0.05) is 18.1 Å². The monoisotopic (exact) mass is 247 g/mol. The Hall–Kier alpha value is -0.0900. The third-order valence-electron chi connectivity index (χ3n) is 3.82. The van der Waals surface area contributed by atoms with Crippen LogP contribution in [0.15, 0.2) is 0 Å². The third-order valence-corrected chi connectivity index (χ3v) is 4.85. The maximum Gasteiger partial charge on any atom is 0.147 e. The van der Waals surface area contributed by atoms with E-state index in [9.17, 15) is 8.42 Å². The summed E-state index contributed by atoms with van der Waals surface area (Å²) in [6.45, 7) is 2.24. The minimum atomic E-state index is -2.81. The zero-order valence-corrected chi connectivity index (χ0v) is 11.3. The Bertz CT molecular complexity index is 300. The molecule has 1 aliphatic carbocycles. The Morgan fingerprint density at radius 2 is 2.06 bits per heavy atom. The van der Waals surface area contributed by atoms with E-state index in [2.05, 4.69) is 6.92 Å². The number of hydrogen-bond acceptors (Lipinski definition) is 3. The van der Waals surface area contributed by atoms with Crippen molar-refractivity contribution in [2.24, 2.45) is 17.6 Å². The van der Waals surface area contributed by atoms with Gasteiger partial charge in [-0.25, -0.2) is 8.42 Å². The Balaban J connectivity index is 2.23. The lowest BCUT2D eigenvalue weighted by Crippen LogP contribution is -2.29. The van der Waals surface area contributed by atoms with E-state index in [1.54, 1.807) is 0 Å². The molecule has 0 radical (unpaired) electrons. The molecule has 2 N–H and O–H groups in total. The zero-order chi connectivity index (χ0) is 12.2. The average Bonchev–Trinajstić information content (AvgIpc) is 2.63. The van der Waals surface area contributed by atoms with E-state index in [0.29, 0.717) is 12.3 Å². The number of hydrogen-bond donors (Lipinski definition) is 1. The van der Waals surface area contributed by atoms with Crippen molar-refractivity contribution in [1.82, 2.24) is 0 Å². The van der Waals surface area contributed by atoms with Gasteiger partial charge in [-0.3, -0.25) is 0 Å². The third kappa shape index (κ3) is 4.83. The summed E-state index contributed by atoms with van der Waals surface area (Å²) in [5, 5.41) is 0. The first kappa shape index (κ1) is 14.0. The van der Waals surface area contributed by atoms with Gasteiger partial charge in [-0.2, -0.15) is 0 Å². The molecule has 3 nitrogen and oxygen atoms in total. The summed E-state index contributed by atoms with van der Waals surface area (Å²) in [7, 11) is -2.81. The van der Waals surface area contributed by atoms with Gasteiger partial charge >= 0.3 is 0 Å². The standard InChI is InChI=1S/C12H25NO2S/c1-3-10-6-7-11(9-10)12(13)5-4-8-16(2,14)15/h10-12H,3-9,13H2,1-2H3. The lowest BCUT2D eigenvalue weighted by Gasteiger charge is -2.19. The second-order valence-corrected chi connectivity index (χ2v) is 7.54. The molecule has 1 saturated carbocycles. The van der Waals surface area contributed by atoms with Crippen molar-refractivity contribution < 1.29 is 8.42 Å². The summed E-state index contributed by atoms with van der Waals surface area (Å²) < 4.78 is 22.0. The highest BCUT2D eigenvalue weighted by molar-refractivity contribution is 7.90. The molecule has 0 aromatic rings. The van der Waals surface area contributed by atoms with Crippen molar-refractivity contribution in [1.29, 1.82) is 0 Å². The van der Waals surface area contributed by atoms with E-state index in [-0.39, 0.29) is 11.8 Å². The van der Waals surface area contributed by atoms with Gasteiger partial charge in [0.1, 0.15) is 9.84 Å². The topological polar surface area (TPSA) is 60.2 Å². The highest BCUT2D eigenvalue weighted by Crippen LogP contribution is 2.35. The zero-order valence-electron chi connectivity index (χ0n) is 10.5. The molecule has 0 spiro atoms. The summed E-state index contributed by atoms with van der Waals surface area (Å²) >= 11 is 0. The Labute approximate surface area is 99.7 Å². The molecule has 0 bridgehead atoms. The fourth-order valence-corrected chi connectivity index (χ4v) is 3.38. The molecule has 3 atom stereocenters. The van der Waals surface area contributed by atoms with Crippen LogP contribution in [0.3, 0.4) is 0 Å². The highest BCUT2D eigenvalue weighted by atomic mass is 32.2. The minimum absolute atomic E-state index is 0.207. The molecule has 0 heterocycles. The second kappa shape index (κ2) is 6.01. The van der Waals surface area contributed by atoms with Crippen LogP contribution in [0.5, 0.6) is 0 Å². The fraction of sp³-hybridized carbons (Fsp3) is 1.00.